The Balaban J connectivity index is 2.57. The Morgan fingerprint density at radius 3 is 2.87 bits per heavy atom. The van der Waals surface area contributed by atoms with Gasteiger partial charge < -0.3 is 15.2 Å². The largest absolute Gasteiger partial charge is 0.387 e. The molecule has 1 aliphatic heterocycles. The zero-order valence-electron chi connectivity index (χ0n) is 9.38. The van der Waals surface area contributed by atoms with Gasteiger partial charge in [-0.2, -0.15) is 0 Å². The molecule has 86 valence electrons. The van der Waals surface area contributed by atoms with Gasteiger partial charge in [0.15, 0.2) is 0 Å². The molecule has 1 unspecified atom stereocenters. The van der Waals surface area contributed by atoms with Gasteiger partial charge in [-0.1, -0.05) is 20.4 Å². The molecule has 0 radical (unpaired) electrons. The summed E-state index contributed by atoms with van der Waals surface area (Å²) in [7, 11) is 0. The molecule has 1 heterocycles. The highest BCUT2D eigenvalue weighted by Gasteiger charge is 2.46. The van der Waals surface area contributed by atoms with Crippen LogP contribution in [0.1, 0.15) is 20.3 Å². The molecule has 0 aromatic rings. The number of carbonyl (C=O) groups excluding carboxylic acids is 1. The predicted molar refractivity (Wildman–Crippen MR) is 57.4 cm³/mol. The number of amides is 1. The zero-order chi connectivity index (χ0) is 11.5. The van der Waals surface area contributed by atoms with E-state index in [4.69, 9.17) is 4.74 Å². The Bertz CT molecular complexity index is 255. The van der Waals surface area contributed by atoms with Crippen molar-refractivity contribution < 1.29 is 14.6 Å². The third-order valence-corrected chi connectivity index (χ3v) is 3.15. The SMILES string of the molecule is C=CC(=O)NCC(C)(C)C1(O)CCOC1. The molecule has 0 aliphatic carbocycles. The molecular formula is C11H19NO3. The molecule has 1 saturated heterocycles. The first-order valence-corrected chi connectivity index (χ1v) is 5.12. The summed E-state index contributed by atoms with van der Waals surface area (Å²) >= 11 is 0. The molecule has 1 atom stereocenters. The van der Waals surface area contributed by atoms with Crippen molar-refractivity contribution in [3.8, 4) is 0 Å². The first kappa shape index (κ1) is 12.2. The van der Waals surface area contributed by atoms with E-state index in [0.29, 0.717) is 26.2 Å². The van der Waals surface area contributed by atoms with Crippen LogP contribution in [0.2, 0.25) is 0 Å². The molecule has 0 aromatic carbocycles. The van der Waals surface area contributed by atoms with Crippen molar-refractivity contribution >= 4 is 5.91 Å². The Morgan fingerprint density at radius 1 is 1.73 bits per heavy atom. The topological polar surface area (TPSA) is 58.6 Å². The maximum Gasteiger partial charge on any atom is 0.243 e. The second-order valence-corrected chi connectivity index (χ2v) is 4.64. The summed E-state index contributed by atoms with van der Waals surface area (Å²) in [6, 6.07) is 0. The minimum Gasteiger partial charge on any atom is -0.387 e. The van der Waals surface area contributed by atoms with Gasteiger partial charge in [-0.15, -0.1) is 0 Å². The van der Waals surface area contributed by atoms with Crippen LogP contribution in [0.15, 0.2) is 12.7 Å². The standard InChI is InChI=1S/C11H19NO3/c1-4-9(13)12-7-10(2,3)11(14)5-6-15-8-11/h4,14H,1,5-8H2,2-3H3,(H,12,13). The maximum absolute atomic E-state index is 11.0. The number of ether oxygens (including phenoxy) is 1. The molecule has 0 bridgehead atoms. The van der Waals surface area contributed by atoms with Crippen LogP contribution in [0.4, 0.5) is 0 Å². The van der Waals surface area contributed by atoms with Crippen LogP contribution in [0.5, 0.6) is 0 Å². The lowest BCUT2D eigenvalue weighted by Crippen LogP contribution is -2.51. The minimum atomic E-state index is -0.846. The fraction of sp³-hybridized carbons (Fsp3) is 0.727. The molecule has 0 spiro atoms. The summed E-state index contributed by atoms with van der Waals surface area (Å²) in [5.74, 6) is -0.217. The van der Waals surface area contributed by atoms with Gasteiger partial charge in [-0.3, -0.25) is 4.79 Å². The maximum atomic E-state index is 11.0. The highest BCUT2D eigenvalue weighted by atomic mass is 16.5. The molecule has 4 heteroatoms. The van der Waals surface area contributed by atoms with Crippen molar-refractivity contribution in [2.24, 2.45) is 5.41 Å². The van der Waals surface area contributed by atoms with Gasteiger partial charge in [0, 0.05) is 25.0 Å². The van der Waals surface area contributed by atoms with Crippen LogP contribution >= 0.6 is 0 Å². The lowest BCUT2D eigenvalue weighted by Gasteiger charge is -2.38. The number of aliphatic hydroxyl groups is 1. The summed E-state index contributed by atoms with van der Waals surface area (Å²) in [6.45, 7) is 8.55. The van der Waals surface area contributed by atoms with Crippen LogP contribution in [-0.2, 0) is 9.53 Å². The Kier molecular flexibility index (Phi) is 3.52. The summed E-state index contributed by atoms with van der Waals surface area (Å²) in [6.07, 6.45) is 1.84. The molecule has 1 rings (SSSR count). The number of hydrogen-bond donors (Lipinski definition) is 2. The second kappa shape index (κ2) is 4.33. The fourth-order valence-electron chi connectivity index (χ4n) is 1.63. The van der Waals surface area contributed by atoms with Crippen molar-refractivity contribution in [2.75, 3.05) is 19.8 Å². The van der Waals surface area contributed by atoms with Gasteiger partial charge in [-0.25, -0.2) is 0 Å². The first-order chi connectivity index (χ1) is 6.91. The molecule has 4 nitrogen and oxygen atoms in total. The van der Waals surface area contributed by atoms with Crippen molar-refractivity contribution in [3.05, 3.63) is 12.7 Å². The zero-order valence-corrected chi connectivity index (χ0v) is 9.38. The van der Waals surface area contributed by atoms with Crippen molar-refractivity contribution in [1.29, 1.82) is 0 Å². The van der Waals surface area contributed by atoms with Crippen molar-refractivity contribution in [3.63, 3.8) is 0 Å². The predicted octanol–water partition coefficient (Wildman–Crippen LogP) is 0.466. The van der Waals surface area contributed by atoms with E-state index in [-0.39, 0.29) is 5.91 Å². The monoisotopic (exact) mass is 213 g/mol. The van der Waals surface area contributed by atoms with E-state index >= 15 is 0 Å². The van der Waals surface area contributed by atoms with Crippen LogP contribution in [0, 0.1) is 5.41 Å². The minimum absolute atomic E-state index is 0.217. The number of nitrogens with one attached hydrogen (secondary N) is 1. The molecule has 15 heavy (non-hydrogen) atoms. The van der Waals surface area contributed by atoms with E-state index in [9.17, 15) is 9.90 Å². The van der Waals surface area contributed by atoms with Crippen LogP contribution in [0.3, 0.4) is 0 Å². The first-order valence-electron chi connectivity index (χ1n) is 5.12. The molecule has 1 aliphatic rings. The number of carbonyl (C=O) groups is 1. The van der Waals surface area contributed by atoms with Crippen molar-refractivity contribution in [1.82, 2.24) is 5.32 Å². The van der Waals surface area contributed by atoms with E-state index < -0.39 is 11.0 Å². The summed E-state index contributed by atoms with van der Waals surface area (Å²) in [4.78, 5) is 11.0. The molecule has 1 amide bonds. The summed E-state index contributed by atoms with van der Waals surface area (Å²) in [5, 5.41) is 13.0. The molecule has 2 N–H and O–H groups in total. The summed E-state index contributed by atoms with van der Waals surface area (Å²) in [5.41, 5.74) is -1.25. The van der Waals surface area contributed by atoms with Gasteiger partial charge in [0.1, 0.15) is 0 Å². The van der Waals surface area contributed by atoms with E-state index in [1.807, 2.05) is 13.8 Å². The van der Waals surface area contributed by atoms with Crippen molar-refractivity contribution in [2.45, 2.75) is 25.9 Å². The number of rotatable bonds is 4. The average molecular weight is 213 g/mol. The van der Waals surface area contributed by atoms with Gasteiger partial charge in [0.2, 0.25) is 5.91 Å². The molecular weight excluding hydrogens is 194 g/mol. The molecule has 0 saturated carbocycles. The van der Waals surface area contributed by atoms with Gasteiger partial charge in [-0.05, 0) is 6.08 Å². The fourth-order valence-corrected chi connectivity index (χ4v) is 1.63. The third-order valence-electron chi connectivity index (χ3n) is 3.15. The van der Waals surface area contributed by atoms with E-state index in [1.165, 1.54) is 6.08 Å². The summed E-state index contributed by atoms with van der Waals surface area (Å²) < 4.78 is 5.20. The third kappa shape index (κ3) is 2.58. The van der Waals surface area contributed by atoms with Crippen LogP contribution < -0.4 is 5.32 Å². The Labute approximate surface area is 90.3 Å². The van der Waals surface area contributed by atoms with Crippen LogP contribution in [-0.4, -0.2) is 36.4 Å². The van der Waals surface area contributed by atoms with Gasteiger partial charge >= 0.3 is 0 Å². The number of hydrogen-bond acceptors (Lipinski definition) is 3. The Morgan fingerprint density at radius 2 is 2.40 bits per heavy atom. The molecule has 0 aromatic heterocycles. The van der Waals surface area contributed by atoms with Crippen LogP contribution in [0.25, 0.3) is 0 Å². The lowest BCUT2D eigenvalue weighted by molar-refractivity contribution is -0.118. The molecule has 1 fully saturated rings. The van der Waals surface area contributed by atoms with E-state index in [1.54, 1.807) is 0 Å². The average Bonchev–Trinajstić information content (AvgIpc) is 2.63. The quantitative estimate of drug-likeness (QED) is 0.667. The van der Waals surface area contributed by atoms with Gasteiger partial charge in [0.05, 0.1) is 12.2 Å². The second-order valence-electron chi connectivity index (χ2n) is 4.64. The normalized spacial score (nSPS) is 26.3. The van der Waals surface area contributed by atoms with E-state index in [2.05, 4.69) is 11.9 Å². The van der Waals surface area contributed by atoms with Gasteiger partial charge in [0.25, 0.3) is 0 Å². The smallest absolute Gasteiger partial charge is 0.243 e. The lowest BCUT2D eigenvalue weighted by atomic mass is 9.74. The highest BCUT2D eigenvalue weighted by molar-refractivity contribution is 5.86. The Hall–Kier alpha value is -0.870. The van der Waals surface area contributed by atoms with E-state index in [0.717, 1.165) is 0 Å². The highest BCUT2D eigenvalue weighted by Crippen LogP contribution is 2.36.